The maximum Gasteiger partial charge on any atom is 0.336 e. The summed E-state index contributed by atoms with van der Waals surface area (Å²) < 4.78 is 17.6. The summed E-state index contributed by atoms with van der Waals surface area (Å²) in [6.45, 7) is 5.27. The van der Waals surface area contributed by atoms with Crippen molar-refractivity contribution in [2.24, 2.45) is 0 Å². The highest BCUT2D eigenvalue weighted by molar-refractivity contribution is 5.86. The lowest BCUT2D eigenvalue weighted by Crippen LogP contribution is -2.32. The van der Waals surface area contributed by atoms with Gasteiger partial charge in [0.1, 0.15) is 22.8 Å². The fourth-order valence-electron chi connectivity index (χ4n) is 4.37. The number of hydrogen-bond donors (Lipinski definition) is 0. The fraction of sp³-hybridized carbons (Fsp3) is 0.250. The largest absolute Gasteiger partial charge is 0.472 e. The summed E-state index contributed by atoms with van der Waals surface area (Å²) in [4.78, 5) is 14.3. The standard InChI is InChI=1S/C28H27NO4/c1-3-4-8-20-16-26(30)33-28-19(2)27-21(15-25(20)28)17-29(18-31-27)22-11-13-24(14-12-22)32-23-9-6-5-7-10-23/h5-7,9-16H,3-4,8,17-18H2,1-2H3. The van der Waals surface area contributed by atoms with Crippen LogP contribution in [0.25, 0.3) is 11.0 Å². The summed E-state index contributed by atoms with van der Waals surface area (Å²) in [5.41, 5.74) is 4.44. The molecule has 1 aliphatic heterocycles. The molecule has 1 aliphatic rings. The molecule has 0 saturated carbocycles. The van der Waals surface area contributed by atoms with E-state index in [1.54, 1.807) is 6.07 Å². The van der Waals surface area contributed by atoms with E-state index in [0.29, 0.717) is 12.3 Å². The van der Waals surface area contributed by atoms with E-state index in [1.807, 2.05) is 61.5 Å². The van der Waals surface area contributed by atoms with Crippen LogP contribution in [0.5, 0.6) is 17.2 Å². The lowest BCUT2D eigenvalue weighted by Gasteiger charge is -2.32. The normalized spacial score (nSPS) is 13.0. The van der Waals surface area contributed by atoms with Gasteiger partial charge < -0.3 is 18.8 Å². The molecule has 5 nitrogen and oxygen atoms in total. The van der Waals surface area contributed by atoms with Gasteiger partial charge in [0.2, 0.25) is 0 Å². The maximum absolute atomic E-state index is 12.1. The highest BCUT2D eigenvalue weighted by Crippen LogP contribution is 2.37. The van der Waals surface area contributed by atoms with E-state index in [1.165, 1.54) is 0 Å². The van der Waals surface area contributed by atoms with Crippen molar-refractivity contribution in [1.29, 1.82) is 0 Å². The van der Waals surface area contributed by atoms with Gasteiger partial charge in [0.05, 0.1) is 0 Å². The number of hydrogen-bond acceptors (Lipinski definition) is 5. The van der Waals surface area contributed by atoms with E-state index >= 15 is 0 Å². The van der Waals surface area contributed by atoms with Crippen LogP contribution in [-0.2, 0) is 13.0 Å². The Balaban J connectivity index is 1.42. The van der Waals surface area contributed by atoms with Crippen molar-refractivity contribution in [2.75, 3.05) is 11.6 Å². The number of benzene rings is 3. The van der Waals surface area contributed by atoms with Crippen molar-refractivity contribution in [3.05, 3.63) is 93.8 Å². The Hall–Kier alpha value is -3.73. The van der Waals surface area contributed by atoms with Crippen molar-refractivity contribution < 1.29 is 13.9 Å². The molecule has 33 heavy (non-hydrogen) atoms. The summed E-state index contributed by atoms with van der Waals surface area (Å²) >= 11 is 0. The van der Waals surface area contributed by atoms with Crippen LogP contribution < -0.4 is 20.0 Å². The van der Waals surface area contributed by atoms with Crippen molar-refractivity contribution in [1.82, 2.24) is 0 Å². The van der Waals surface area contributed by atoms with Gasteiger partial charge in [-0.2, -0.15) is 0 Å². The Morgan fingerprint density at radius 2 is 1.76 bits per heavy atom. The molecule has 5 rings (SSSR count). The molecule has 0 saturated heterocycles. The van der Waals surface area contributed by atoms with Crippen LogP contribution in [0.4, 0.5) is 5.69 Å². The molecular formula is C28H27NO4. The van der Waals surface area contributed by atoms with Crippen LogP contribution in [0.3, 0.4) is 0 Å². The fourth-order valence-corrected chi connectivity index (χ4v) is 4.37. The summed E-state index contributed by atoms with van der Waals surface area (Å²) in [6.07, 6.45) is 2.98. The second-order valence-corrected chi connectivity index (χ2v) is 8.44. The van der Waals surface area contributed by atoms with Crippen LogP contribution in [0.2, 0.25) is 0 Å². The first-order chi connectivity index (χ1) is 16.1. The molecule has 1 aromatic heterocycles. The lowest BCUT2D eigenvalue weighted by molar-refractivity contribution is 0.287. The molecular weight excluding hydrogens is 414 g/mol. The van der Waals surface area contributed by atoms with Gasteiger partial charge in [-0.15, -0.1) is 0 Å². The summed E-state index contributed by atoms with van der Waals surface area (Å²) in [7, 11) is 0. The summed E-state index contributed by atoms with van der Waals surface area (Å²) in [5.74, 6) is 2.42. The third-order valence-electron chi connectivity index (χ3n) is 6.08. The topological polar surface area (TPSA) is 51.9 Å². The number of para-hydroxylation sites is 1. The monoisotopic (exact) mass is 441 g/mol. The molecule has 2 heterocycles. The molecule has 3 aromatic carbocycles. The van der Waals surface area contributed by atoms with Crippen LogP contribution in [-0.4, -0.2) is 6.73 Å². The number of fused-ring (bicyclic) bond motifs is 2. The molecule has 0 radical (unpaired) electrons. The molecule has 0 amide bonds. The predicted molar refractivity (Wildman–Crippen MR) is 130 cm³/mol. The van der Waals surface area contributed by atoms with Gasteiger partial charge in [0.15, 0.2) is 6.73 Å². The number of unbranched alkanes of at least 4 members (excludes halogenated alkanes) is 1. The number of ether oxygens (including phenoxy) is 2. The van der Waals surface area contributed by atoms with Crippen molar-refractivity contribution >= 4 is 16.7 Å². The third-order valence-corrected chi connectivity index (χ3v) is 6.08. The van der Waals surface area contributed by atoms with Gasteiger partial charge in [0.25, 0.3) is 0 Å². The van der Waals surface area contributed by atoms with Crippen LogP contribution in [0, 0.1) is 6.92 Å². The number of rotatable bonds is 6. The van der Waals surface area contributed by atoms with Gasteiger partial charge in [0, 0.05) is 34.8 Å². The van der Waals surface area contributed by atoms with Crippen LogP contribution >= 0.6 is 0 Å². The van der Waals surface area contributed by atoms with Gasteiger partial charge in [-0.05, 0) is 67.8 Å². The zero-order valence-electron chi connectivity index (χ0n) is 19.0. The smallest absolute Gasteiger partial charge is 0.336 e. The van der Waals surface area contributed by atoms with E-state index in [4.69, 9.17) is 13.9 Å². The molecule has 4 aromatic rings. The quantitative estimate of drug-likeness (QED) is 0.316. The van der Waals surface area contributed by atoms with Crippen LogP contribution in [0.1, 0.15) is 36.5 Å². The Morgan fingerprint density at radius 1 is 1.00 bits per heavy atom. The Labute approximate surface area is 193 Å². The highest BCUT2D eigenvalue weighted by Gasteiger charge is 2.23. The molecule has 0 bridgehead atoms. The molecule has 0 unspecified atom stereocenters. The first kappa shape index (κ1) is 21.1. The maximum atomic E-state index is 12.1. The van der Waals surface area contributed by atoms with E-state index in [9.17, 15) is 4.79 Å². The minimum absolute atomic E-state index is 0.299. The Kier molecular flexibility index (Phi) is 5.78. The van der Waals surface area contributed by atoms with Gasteiger partial charge in [-0.1, -0.05) is 31.5 Å². The first-order valence-corrected chi connectivity index (χ1v) is 11.4. The van der Waals surface area contributed by atoms with Gasteiger partial charge >= 0.3 is 5.63 Å². The average molecular weight is 442 g/mol. The molecule has 0 aliphatic carbocycles. The van der Waals surface area contributed by atoms with Crippen molar-refractivity contribution in [2.45, 2.75) is 39.7 Å². The van der Waals surface area contributed by atoms with Crippen molar-refractivity contribution in [3.63, 3.8) is 0 Å². The number of aryl methyl sites for hydroxylation is 2. The van der Waals surface area contributed by atoms with E-state index in [0.717, 1.165) is 70.8 Å². The zero-order chi connectivity index (χ0) is 22.8. The highest BCUT2D eigenvalue weighted by atomic mass is 16.5. The molecule has 0 atom stereocenters. The molecule has 5 heteroatoms. The number of anilines is 1. The summed E-state index contributed by atoms with van der Waals surface area (Å²) in [6, 6.07) is 21.6. The second-order valence-electron chi connectivity index (χ2n) is 8.44. The van der Waals surface area contributed by atoms with Crippen molar-refractivity contribution in [3.8, 4) is 17.2 Å². The molecule has 168 valence electrons. The lowest BCUT2D eigenvalue weighted by atomic mass is 9.98. The number of nitrogens with zero attached hydrogens (tertiary/aromatic N) is 1. The van der Waals surface area contributed by atoms with E-state index < -0.39 is 0 Å². The Morgan fingerprint density at radius 3 is 2.52 bits per heavy atom. The molecule has 0 N–H and O–H groups in total. The van der Waals surface area contributed by atoms with Gasteiger partial charge in [-0.25, -0.2) is 4.79 Å². The van der Waals surface area contributed by atoms with E-state index in [2.05, 4.69) is 17.9 Å². The first-order valence-electron chi connectivity index (χ1n) is 11.4. The van der Waals surface area contributed by atoms with Crippen LogP contribution in [0.15, 0.2) is 75.9 Å². The minimum Gasteiger partial charge on any atom is -0.472 e. The molecule has 0 spiro atoms. The molecule has 0 fully saturated rings. The minimum atomic E-state index is -0.299. The Bertz CT molecular complexity index is 1330. The second kappa shape index (κ2) is 9.02. The summed E-state index contributed by atoms with van der Waals surface area (Å²) in [5, 5.41) is 1.01. The average Bonchev–Trinajstić information content (AvgIpc) is 2.84. The predicted octanol–water partition coefficient (Wildman–Crippen LogP) is 6.59. The third kappa shape index (κ3) is 4.31. The van der Waals surface area contributed by atoms with Gasteiger partial charge in [-0.3, -0.25) is 0 Å². The zero-order valence-corrected chi connectivity index (χ0v) is 19.0. The SMILES string of the molecule is CCCCc1cc(=O)oc2c(C)c3c(cc12)CN(c1ccc(Oc2ccccc2)cc1)CO3. The van der Waals surface area contributed by atoms with E-state index in [-0.39, 0.29) is 5.63 Å².